The van der Waals surface area contributed by atoms with Crippen LogP contribution < -0.4 is 5.32 Å². The molecule has 0 fully saturated rings. The fourth-order valence-corrected chi connectivity index (χ4v) is 4.72. The number of rotatable bonds is 7. The Balaban J connectivity index is 1.40. The van der Waals surface area contributed by atoms with Crippen LogP contribution in [0.15, 0.2) is 71.6 Å². The fraction of sp³-hybridized carbons (Fsp3) is 0.154. The van der Waals surface area contributed by atoms with Gasteiger partial charge in [-0.3, -0.25) is 9.59 Å². The zero-order chi connectivity index (χ0) is 24.9. The molecule has 4 rings (SSSR count). The minimum absolute atomic E-state index is 0.0311. The maximum atomic E-state index is 12.7. The van der Waals surface area contributed by atoms with E-state index >= 15 is 0 Å². The van der Waals surface area contributed by atoms with E-state index in [1.165, 1.54) is 35.0 Å². The Labute approximate surface area is 205 Å². The molecule has 1 aliphatic rings. The Morgan fingerprint density at radius 3 is 2.37 bits per heavy atom. The number of carboxylic acids is 2. The van der Waals surface area contributed by atoms with Crippen molar-refractivity contribution in [3.8, 4) is 0 Å². The average Bonchev–Trinajstić information content (AvgIpc) is 2.86. The first-order valence-electron chi connectivity index (χ1n) is 10.8. The van der Waals surface area contributed by atoms with Gasteiger partial charge in [-0.15, -0.1) is 11.8 Å². The average molecular weight is 491 g/mol. The molecule has 0 atom stereocenters. The van der Waals surface area contributed by atoms with Gasteiger partial charge in [-0.2, -0.15) is 0 Å². The van der Waals surface area contributed by atoms with Crippen LogP contribution in [0.1, 0.15) is 42.2 Å². The highest BCUT2D eigenvalue weighted by Crippen LogP contribution is 2.25. The lowest BCUT2D eigenvalue weighted by molar-refractivity contribution is -0.129. The molecule has 3 aromatic rings. The standard InChI is InChI=1S/C26H22N2O6S/c29-23(28-11-10-16-4-1-2-5-18(16)14-28)15-35-20-7-3-6-19(13-20)27-24(30)21-9-8-17(25(31)32)12-22(21)26(33)34/h1-9,12-13H,10-11,14-15H2,(H,27,30)(H,31,32)(H,33,34). The van der Waals surface area contributed by atoms with E-state index in [0.29, 0.717) is 18.8 Å². The van der Waals surface area contributed by atoms with Gasteiger partial charge in [-0.05, 0) is 53.9 Å². The molecule has 3 N–H and O–H groups in total. The zero-order valence-corrected chi connectivity index (χ0v) is 19.4. The maximum absolute atomic E-state index is 12.7. The molecule has 0 unspecified atom stereocenters. The van der Waals surface area contributed by atoms with Crippen molar-refractivity contribution in [2.24, 2.45) is 0 Å². The van der Waals surface area contributed by atoms with Crippen molar-refractivity contribution in [2.75, 3.05) is 17.6 Å². The molecule has 0 aliphatic carbocycles. The van der Waals surface area contributed by atoms with Crippen LogP contribution in [0.4, 0.5) is 5.69 Å². The van der Waals surface area contributed by atoms with Gasteiger partial charge in [-0.1, -0.05) is 30.3 Å². The third-order valence-corrected chi connectivity index (χ3v) is 6.66. The second-order valence-corrected chi connectivity index (χ2v) is 9.02. The van der Waals surface area contributed by atoms with E-state index < -0.39 is 23.4 Å². The molecule has 9 heteroatoms. The molecule has 0 radical (unpaired) electrons. The number of carbonyl (C=O) groups is 4. The van der Waals surface area contributed by atoms with Gasteiger partial charge in [0.15, 0.2) is 0 Å². The van der Waals surface area contributed by atoms with E-state index in [-0.39, 0.29) is 22.8 Å². The maximum Gasteiger partial charge on any atom is 0.336 e. The lowest BCUT2D eigenvalue weighted by Gasteiger charge is -2.28. The van der Waals surface area contributed by atoms with Gasteiger partial charge in [0.25, 0.3) is 5.91 Å². The van der Waals surface area contributed by atoms with Gasteiger partial charge in [0.05, 0.1) is 22.4 Å². The number of hydrogen-bond donors (Lipinski definition) is 3. The fourth-order valence-electron chi connectivity index (χ4n) is 3.86. The Morgan fingerprint density at radius 1 is 0.857 bits per heavy atom. The lowest BCUT2D eigenvalue weighted by Crippen LogP contribution is -2.37. The molecule has 0 aromatic heterocycles. The summed E-state index contributed by atoms with van der Waals surface area (Å²) in [7, 11) is 0. The highest BCUT2D eigenvalue weighted by Gasteiger charge is 2.21. The third-order valence-electron chi connectivity index (χ3n) is 5.68. The van der Waals surface area contributed by atoms with E-state index in [0.717, 1.165) is 17.4 Å². The van der Waals surface area contributed by atoms with Gasteiger partial charge in [-0.25, -0.2) is 9.59 Å². The minimum atomic E-state index is -1.40. The molecular weight excluding hydrogens is 468 g/mol. The zero-order valence-electron chi connectivity index (χ0n) is 18.6. The molecule has 0 saturated heterocycles. The summed E-state index contributed by atoms with van der Waals surface area (Å²) in [5, 5.41) is 21.1. The lowest BCUT2D eigenvalue weighted by atomic mass is 10.00. The molecule has 3 aromatic carbocycles. The van der Waals surface area contributed by atoms with Gasteiger partial charge in [0.1, 0.15) is 0 Å². The minimum Gasteiger partial charge on any atom is -0.478 e. The number of benzene rings is 3. The van der Waals surface area contributed by atoms with Crippen molar-refractivity contribution in [1.29, 1.82) is 0 Å². The molecule has 0 spiro atoms. The number of nitrogens with one attached hydrogen (secondary N) is 1. The second kappa shape index (κ2) is 10.4. The number of hydrogen-bond acceptors (Lipinski definition) is 5. The van der Waals surface area contributed by atoms with Crippen LogP contribution in [0.2, 0.25) is 0 Å². The summed E-state index contributed by atoms with van der Waals surface area (Å²) < 4.78 is 0. The number of carbonyl (C=O) groups excluding carboxylic acids is 2. The molecule has 2 amide bonds. The van der Waals surface area contributed by atoms with Gasteiger partial charge in [0.2, 0.25) is 5.91 Å². The first kappa shape index (κ1) is 24.0. The molecule has 178 valence electrons. The quantitative estimate of drug-likeness (QED) is 0.428. The largest absolute Gasteiger partial charge is 0.478 e. The summed E-state index contributed by atoms with van der Waals surface area (Å²) in [6.07, 6.45) is 0.833. The number of thioether (sulfide) groups is 1. The summed E-state index contributed by atoms with van der Waals surface area (Å²) >= 11 is 1.35. The van der Waals surface area contributed by atoms with Crippen molar-refractivity contribution >= 4 is 41.2 Å². The van der Waals surface area contributed by atoms with Gasteiger partial charge < -0.3 is 20.4 Å². The van der Waals surface area contributed by atoms with Crippen molar-refractivity contribution in [3.05, 3.63) is 94.5 Å². The molecular formula is C26H22N2O6S. The number of amides is 2. The van der Waals surface area contributed by atoms with Crippen molar-refractivity contribution in [1.82, 2.24) is 4.90 Å². The summed E-state index contributed by atoms with van der Waals surface area (Å²) in [4.78, 5) is 50.7. The summed E-state index contributed by atoms with van der Waals surface area (Å²) in [5.74, 6) is -3.08. The number of aromatic carboxylic acids is 2. The highest BCUT2D eigenvalue weighted by molar-refractivity contribution is 8.00. The molecule has 0 saturated carbocycles. The molecule has 35 heavy (non-hydrogen) atoms. The van der Waals surface area contributed by atoms with Crippen LogP contribution in [0.3, 0.4) is 0 Å². The summed E-state index contributed by atoms with van der Waals surface area (Å²) in [6.45, 7) is 1.28. The Bertz CT molecular complexity index is 1320. The summed E-state index contributed by atoms with van der Waals surface area (Å²) in [6, 6.07) is 18.3. The van der Waals surface area contributed by atoms with E-state index in [2.05, 4.69) is 11.4 Å². The number of nitrogens with zero attached hydrogens (tertiary/aromatic N) is 1. The Morgan fingerprint density at radius 2 is 1.63 bits per heavy atom. The van der Waals surface area contributed by atoms with Crippen LogP contribution >= 0.6 is 11.8 Å². The van der Waals surface area contributed by atoms with Crippen LogP contribution in [0.5, 0.6) is 0 Å². The Kier molecular flexibility index (Phi) is 7.17. The van der Waals surface area contributed by atoms with E-state index in [9.17, 15) is 24.3 Å². The molecule has 0 bridgehead atoms. The molecule has 1 aliphatic heterocycles. The first-order chi connectivity index (χ1) is 16.8. The van der Waals surface area contributed by atoms with Crippen LogP contribution in [0.25, 0.3) is 0 Å². The van der Waals surface area contributed by atoms with Gasteiger partial charge in [0, 0.05) is 23.7 Å². The van der Waals surface area contributed by atoms with Crippen molar-refractivity contribution in [2.45, 2.75) is 17.9 Å². The first-order valence-corrected chi connectivity index (χ1v) is 11.8. The summed E-state index contributed by atoms with van der Waals surface area (Å²) in [5.41, 5.74) is 2.09. The monoisotopic (exact) mass is 490 g/mol. The predicted octanol–water partition coefficient (Wildman–Crippen LogP) is 4.01. The topological polar surface area (TPSA) is 124 Å². The van der Waals surface area contributed by atoms with E-state index in [1.54, 1.807) is 18.2 Å². The van der Waals surface area contributed by atoms with E-state index in [4.69, 9.17) is 5.11 Å². The highest BCUT2D eigenvalue weighted by atomic mass is 32.2. The normalized spacial score (nSPS) is 12.5. The van der Waals surface area contributed by atoms with Gasteiger partial charge >= 0.3 is 11.9 Å². The number of fused-ring (bicyclic) bond motifs is 1. The van der Waals surface area contributed by atoms with Crippen LogP contribution in [0, 0.1) is 0 Å². The molecule has 1 heterocycles. The van der Waals surface area contributed by atoms with Crippen LogP contribution in [-0.2, 0) is 17.8 Å². The SMILES string of the molecule is O=C(O)c1ccc(C(=O)Nc2cccc(SCC(=O)N3CCc4ccccc4C3)c2)c(C(=O)O)c1. The molecule has 8 nitrogen and oxygen atoms in total. The van der Waals surface area contributed by atoms with Crippen molar-refractivity contribution < 1.29 is 29.4 Å². The van der Waals surface area contributed by atoms with Crippen LogP contribution in [-0.4, -0.2) is 51.2 Å². The predicted molar refractivity (Wildman–Crippen MR) is 131 cm³/mol. The third kappa shape index (κ3) is 5.70. The number of anilines is 1. The van der Waals surface area contributed by atoms with Crippen molar-refractivity contribution in [3.63, 3.8) is 0 Å². The number of carboxylic acid groups (broad SMARTS) is 2. The smallest absolute Gasteiger partial charge is 0.336 e. The van der Waals surface area contributed by atoms with E-state index in [1.807, 2.05) is 29.2 Å². The Hall–Kier alpha value is -4.11. The second-order valence-electron chi connectivity index (χ2n) is 7.98.